The smallest absolute Gasteiger partial charge is 0.128 e. The van der Waals surface area contributed by atoms with Crippen LogP contribution in [0.5, 0.6) is 11.5 Å². The van der Waals surface area contributed by atoms with Crippen LogP contribution in [-0.4, -0.2) is 42.3 Å². The average molecular weight is 242 g/mol. The summed E-state index contributed by atoms with van der Waals surface area (Å²) in [5.41, 5.74) is 0.467. The highest BCUT2D eigenvalue weighted by Gasteiger charge is 2.21. The zero-order valence-electron chi connectivity index (χ0n) is 9.96. The molecule has 0 bridgehead atoms. The molecule has 0 heterocycles. The van der Waals surface area contributed by atoms with Crippen LogP contribution in [0.1, 0.15) is 18.1 Å². The lowest BCUT2D eigenvalue weighted by Gasteiger charge is -2.20. The lowest BCUT2D eigenvalue weighted by Crippen LogP contribution is -2.20. The summed E-state index contributed by atoms with van der Waals surface area (Å²) in [7, 11) is 3.01. The van der Waals surface area contributed by atoms with Crippen LogP contribution >= 0.6 is 0 Å². The molecule has 96 valence electrons. The van der Waals surface area contributed by atoms with Gasteiger partial charge < -0.3 is 24.8 Å². The highest BCUT2D eigenvalue weighted by atomic mass is 16.5. The first-order valence-corrected chi connectivity index (χ1v) is 5.33. The van der Waals surface area contributed by atoms with Crippen LogP contribution in [0, 0.1) is 0 Å². The summed E-state index contributed by atoms with van der Waals surface area (Å²) in [6, 6.07) is 4.93. The maximum atomic E-state index is 9.91. The first-order valence-electron chi connectivity index (χ1n) is 5.33. The first kappa shape index (κ1) is 13.8. The third-order valence-electron chi connectivity index (χ3n) is 2.55. The van der Waals surface area contributed by atoms with E-state index < -0.39 is 12.2 Å². The van der Waals surface area contributed by atoms with Crippen LogP contribution < -0.4 is 9.47 Å². The van der Waals surface area contributed by atoms with Crippen molar-refractivity contribution in [1.29, 1.82) is 0 Å². The normalized spacial score (nSPS) is 14.2. The van der Waals surface area contributed by atoms with Gasteiger partial charge in [-0.2, -0.15) is 0 Å². The van der Waals surface area contributed by atoms with E-state index in [-0.39, 0.29) is 13.0 Å². The number of aliphatic hydroxyl groups excluding tert-OH is 3. The Balaban J connectivity index is 2.96. The van der Waals surface area contributed by atoms with Gasteiger partial charge in [-0.05, 0) is 18.6 Å². The Morgan fingerprint density at radius 3 is 2.41 bits per heavy atom. The predicted octanol–water partition coefficient (Wildman–Crippen LogP) is 0.480. The minimum absolute atomic E-state index is 0.107. The largest absolute Gasteiger partial charge is 0.497 e. The van der Waals surface area contributed by atoms with Gasteiger partial charge in [-0.25, -0.2) is 0 Å². The Hall–Kier alpha value is -1.30. The third-order valence-corrected chi connectivity index (χ3v) is 2.55. The van der Waals surface area contributed by atoms with E-state index in [4.69, 9.17) is 14.6 Å². The Labute approximate surface area is 100 Å². The molecule has 0 radical (unpaired) electrons. The Morgan fingerprint density at radius 1 is 1.18 bits per heavy atom. The molecule has 1 rings (SSSR count). The summed E-state index contributed by atoms with van der Waals surface area (Å²) in [6.45, 7) is -0.184. The Kier molecular flexibility index (Phi) is 5.21. The van der Waals surface area contributed by atoms with Gasteiger partial charge in [-0.3, -0.25) is 0 Å². The molecule has 0 spiro atoms. The maximum absolute atomic E-state index is 9.91. The topological polar surface area (TPSA) is 79.2 Å². The number of aliphatic hydroxyl groups is 3. The van der Waals surface area contributed by atoms with Crippen molar-refractivity contribution in [2.75, 3.05) is 20.8 Å². The second-order valence-corrected chi connectivity index (χ2v) is 3.63. The van der Waals surface area contributed by atoms with E-state index in [0.29, 0.717) is 17.1 Å². The molecule has 5 heteroatoms. The highest BCUT2D eigenvalue weighted by molar-refractivity contribution is 5.42. The second-order valence-electron chi connectivity index (χ2n) is 3.63. The molecule has 1 aromatic rings. The van der Waals surface area contributed by atoms with Gasteiger partial charge in [-0.1, -0.05) is 0 Å². The fourth-order valence-electron chi connectivity index (χ4n) is 1.56. The molecule has 0 aliphatic carbocycles. The summed E-state index contributed by atoms with van der Waals surface area (Å²) < 4.78 is 10.2. The van der Waals surface area contributed by atoms with Crippen molar-refractivity contribution in [3.8, 4) is 11.5 Å². The number of rotatable bonds is 6. The van der Waals surface area contributed by atoms with E-state index in [1.807, 2.05) is 0 Å². The fraction of sp³-hybridized carbons (Fsp3) is 0.500. The molecule has 17 heavy (non-hydrogen) atoms. The van der Waals surface area contributed by atoms with Crippen LogP contribution in [0.4, 0.5) is 0 Å². The van der Waals surface area contributed by atoms with Crippen molar-refractivity contribution < 1.29 is 24.8 Å². The molecule has 0 aliphatic rings. The van der Waals surface area contributed by atoms with Crippen molar-refractivity contribution in [3.63, 3.8) is 0 Å². The summed E-state index contributed by atoms with van der Waals surface area (Å²) >= 11 is 0. The Bertz CT molecular complexity index is 353. The number of hydrogen-bond acceptors (Lipinski definition) is 5. The molecular formula is C12H18O5. The van der Waals surface area contributed by atoms with Crippen molar-refractivity contribution in [3.05, 3.63) is 23.8 Å². The van der Waals surface area contributed by atoms with Crippen LogP contribution in [0.3, 0.4) is 0 Å². The molecule has 2 unspecified atom stereocenters. The van der Waals surface area contributed by atoms with E-state index in [9.17, 15) is 10.2 Å². The molecule has 1 aromatic carbocycles. The monoisotopic (exact) mass is 242 g/mol. The summed E-state index contributed by atoms with van der Waals surface area (Å²) in [4.78, 5) is 0. The zero-order chi connectivity index (χ0) is 12.8. The minimum Gasteiger partial charge on any atom is -0.497 e. The quantitative estimate of drug-likeness (QED) is 0.676. The van der Waals surface area contributed by atoms with E-state index in [1.54, 1.807) is 18.2 Å². The van der Waals surface area contributed by atoms with E-state index in [0.717, 1.165) is 0 Å². The molecule has 0 aliphatic heterocycles. The molecule has 0 saturated carbocycles. The molecule has 2 atom stereocenters. The maximum Gasteiger partial charge on any atom is 0.128 e. The van der Waals surface area contributed by atoms with E-state index >= 15 is 0 Å². The summed E-state index contributed by atoms with van der Waals surface area (Å²) in [6.07, 6.45) is -2.01. The zero-order valence-corrected chi connectivity index (χ0v) is 9.96. The van der Waals surface area contributed by atoms with Crippen molar-refractivity contribution in [2.45, 2.75) is 18.6 Å². The van der Waals surface area contributed by atoms with Crippen molar-refractivity contribution in [2.24, 2.45) is 0 Å². The first-order chi connectivity index (χ1) is 8.13. The number of ether oxygens (including phenoxy) is 2. The van der Waals surface area contributed by atoms with Crippen molar-refractivity contribution in [1.82, 2.24) is 0 Å². The molecule has 3 N–H and O–H groups in total. The average Bonchev–Trinajstić information content (AvgIpc) is 2.37. The lowest BCUT2D eigenvalue weighted by molar-refractivity contribution is 0.00301. The lowest BCUT2D eigenvalue weighted by atomic mass is 10.0. The molecule has 5 nitrogen and oxygen atoms in total. The molecule has 0 fully saturated rings. The van der Waals surface area contributed by atoms with Gasteiger partial charge in [0.25, 0.3) is 0 Å². The number of hydrogen-bond donors (Lipinski definition) is 3. The SMILES string of the molecule is COc1ccc(C(O)C(O)CCO)c(OC)c1. The predicted molar refractivity (Wildman–Crippen MR) is 62.2 cm³/mol. The molecular weight excluding hydrogens is 224 g/mol. The van der Waals surface area contributed by atoms with Gasteiger partial charge in [0.15, 0.2) is 0 Å². The Morgan fingerprint density at radius 2 is 1.88 bits per heavy atom. The van der Waals surface area contributed by atoms with Gasteiger partial charge in [0.2, 0.25) is 0 Å². The van der Waals surface area contributed by atoms with E-state index in [1.165, 1.54) is 14.2 Å². The summed E-state index contributed by atoms with van der Waals surface area (Å²) in [5.74, 6) is 1.04. The van der Waals surface area contributed by atoms with Crippen molar-refractivity contribution >= 4 is 0 Å². The fourth-order valence-corrected chi connectivity index (χ4v) is 1.56. The number of benzene rings is 1. The van der Waals surface area contributed by atoms with Crippen LogP contribution in [-0.2, 0) is 0 Å². The van der Waals surface area contributed by atoms with Crippen LogP contribution in [0.25, 0.3) is 0 Å². The third kappa shape index (κ3) is 3.33. The molecule has 0 saturated heterocycles. The van der Waals surface area contributed by atoms with Crippen LogP contribution in [0.2, 0.25) is 0 Å². The van der Waals surface area contributed by atoms with Gasteiger partial charge in [0.1, 0.15) is 17.6 Å². The van der Waals surface area contributed by atoms with E-state index in [2.05, 4.69) is 0 Å². The number of methoxy groups -OCH3 is 2. The summed E-state index contributed by atoms with van der Waals surface area (Å²) in [5, 5.41) is 28.3. The minimum atomic E-state index is -1.09. The van der Waals surface area contributed by atoms with Gasteiger partial charge in [0, 0.05) is 18.2 Å². The van der Waals surface area contributed by atoms with Gasteiger partial charge in [0.05, 0.1) is 20.3 Å². The van der Waals surface area contributed by atoms with Gasteiger partial charge in [-0.15, -0.1) is 0 Å². The highest BCUT2D eigenvalue weighted by Crippen LogP contribution is 2.31. The standard InChI is InChI=1S/C12H18O5/c1-16-8-3-4-9(11(7-8)17-2)12(15)10(14)5-6-13/h3-4,7,10,12-15H,5-6H2,1-2H3. The van der Waals surface area contributed by atoms with Gasteiger partial charge >= 0.3 is 0 Å². The molecule has 0 amide bonds. The molecule has 0 aromatic heterocycles. The second kappa shape index (κ2) is 6.44. The van der Waals surface area contributed by atoms with Crippen LogP contribution in [0.15, 0.2) is 18.2 Å².